The minimum Gasteiger partial charge on any atom is -0.335 e. The van der Waals surface area contributed by atoms with Gasteiger partial charge in [-0.05, 0) is 23.8 Å². The third-order valence-corrected chi connectivity index (χ3v) is 4.39. The summed E-state index contributed by atoms with van der Waals surface area (Å²) >= 11 is 0. The van der Waals surface area contributed by atoms with E-state index in [0.717, 1.165) is 5.56 Å². The van der Waals surface area contributed by atoms with Crippen LogP contribution in [0.2, 0.25) is 0 Å². The second-order valence-electron chi connectivity index (χ2n) is 6.04. The average molecular weight is 330 g/mol. The van der Waals surface area contributed by atoms with Crippen molar-refractivity contribution in [2.24, 2.45) is 0 Å². The molecule has 1 heterocycles. The molecule has 0 saturated carbocycles. The molecule has 0 unspecified atom stereocenters. The normalized spacial score (nSPS) is 17.5. The maximum atomic E-state index is 12.7. The molecule has 1 aliphatic rings. The highest BCUT2D eigenvalue weighted by atomic mass is 16.2. The molecule has 3 rings (SSSR count). The first kappa shape index (κ1) is 16.7. The second-order valence-corrected chi connectivity index (χ2v) is 6.04. The van der Waals surface area contributed by atoms with Crippen LogP contribution in [-0.4, -0.2) is 41.4 Å². The van der Waals surface area contributed by atoms with E-state index in [0.29, 0.717) is 37.3 Å². The van der Waals surface area contributed by atoms with E-state index in [1.54, 1.807) is 29.2 Å². The Morgan fingerprint density at radius 3 is 2.60 bits per heavy atom. The summed E-state index contributed by atoms with van der Waals surface area (Å²) < 4.78 is 0. The number of rotatable bonds is 3. The summed E-state index contributed by atoms with van der Waals surface area (Å²) in [5.41, 5.74) is 2.11. The Hall–Kier alpha value is -3.15. The zero-order valence-electron chi connectivity index (χ0n) is 13.8. The van der Waals surface area contributed by atoms with Crippen molar-refractivity contribution in [2.45, 2.75) is 12.6 Å². The predicted molar refractivity (Wildman–Crippen MR) is 93.3 cm³/mol. The minimum atomic E-state index is -0.336. The average Bonchev–Trinajstić information content (AvgIpc) is 2.68. The van der Waals surface area contributed by atoms with E-state index in [-0.39, 0.29) is 11.9 Å². The van der Waals surface area contributed by atoms with Gasteiger partial charge >= 0.3 is 0 Å². The highest BCUT2D eigenvalue weighted by molar-refractivity contribution is 5.94. The smallest absolute Gasteiger partial charge is 0.254 e. The van der Waals surface area contributed by atoms with Gasteiger partial charge in [-0.2, -0.15) is 10.5 Å². The summed E-state index contributed by atoms with van der Waals surface area (Å²) in [5, 5.41) is 18.5. The molecule has 0 aliphatic carbocycles. The molecule has 2 aromatic carbocycles. The van der Waals surface area contributed by atoms with Crippen LogP contribution in [0.3, 0.4) is 0 Å². The molecule has 5 nitrogen and oxygen atoms in total. The van der Waals surface area contributed by atoms with Crippen LogP contribution < -0.4 is 0 Å². The third kappa shape index (κ3) is 3.85. The van der Waals surface area contributed by atoms with E-state index in [9.17, 15) is 10.1 Å². The highest BCUT2D eigenvalue weighted by Crippen LogP contribution is 2.16. The van der Waals surface area contributed by atoms with Crippen molar-refractivity contribution < 1.29 is 4.79 Å². The zero-order chi connectivity index (χ0) is 17.6. The largest absolute Gasteiger partial charge is 0.335 e. The fraction of sp³-hybridized carbons (Fsp3) is 0.250. The fourth-order valence-electron chi connectivity index (χ4n) is 3.04. The standard InChI is InChI=1S/C20H18N4O/c21-12-17-7-4-8-18(11-17)20(25)24-10-9-23(19(13-22)15-24)14-16-5-2-1-3-6-16/h1-8,11,19H,9-10,14-15H2/t19-/m0/s1. The number of amides is 1. The van der Waals surface area contributed by atoms with Gasteiger partial charge in [-0.3, -0.25) is 9.69 Å². The van der Waals surface area contributed by atoms with Gasteiger partial charge in [-0.15, -0.1) is 0 Å². The van der Waals surface area contributed by atoms with Crippen LogP contribution in [0.1, 0.15) is 21.5 Å². The Bertz CT molecular complexity index is 835. The molecule has 124 valence electrons. The molecule has 0 N–H and O–H groups in total. The molecule has 2 aromatic rings. The van der Waals surface area contributed by atoms with Crippen LogP contribution in [0.25, 0.3) is 0 Å². The number of hydrogen-bond acceptors (Lipinski definition) is 4. The quantitative estimate of drug-likeness (QED) is 0.866. The molecule has 0 bridgehead atoms. The van der Waals surface area contributed by atoms with Crippen molar-refractivity contribution in [3.8, 4) is 12.1 Å². The minimum absolute atomic E-state index is 0.128. The van der Waals surface area contributed by atoms with Gasteiger partial charge < -0.3 is 4.90 Å². The van der Waals surface area contributed by atoms with Crippen LogP contribution in [0.5, 0.6) is 0 Å². The lowest BCUT2D eigenvalue weighted by atomic mass is 10.1. The number of piperazine rings is 1. The van der Waals surface area contributed by atoms with Gasteiger partial charge in [0.15, 0.2) is 0 Å². The molecule has 1 atom stereocenters. The van der Waals surface area contributed by atoms with E-state index in [2.05, 4.69) is 11.0 Å². The Balaban J connectivity index is 1.70. The van der Waals surface area contributed by atoms with Crippen molar-refractivity contribution in [1.29, 1.82) is 10.5 Å². The van der Waals surface area contributed by atoms with Crippen molar-refractivity contribution in [3.05, 3.63) is 71.3 Å². The topological polar surface area (TPSA) is 71.1 Å². The van der Waals surface area contributed by atoms with Crippen molar-refractivity contribution >= 4 is 5.91 Å². The molecular formula is C20H18N4O. The molecule has 1 saturated heterocycles. The van der Waals surface area contributed by atoms with Crippen LogP contribution in [-0.2, 0) is 6.54 Å². The van der Waals surface area contributed by atoms with Gasteiger partial charge in [-0.1, -0.05) is 36.4 Å². The van der Waals surface area contributed by atoms with E-state index < -0.39 is 0 Å². The third-order valence-electron chi connectivity index (χ3n) is 4.39. The summed E-state index contributed by atoms with van der Waals surface area (Å²) in [6.45, 7) is 2.29. The summed E-state index contributed by atoms with van der Waals surface area (Å²) in [6.07, 6.45) is 0. The first-order valence-electron chi connectivity index (χ1n) is 8.18. The Morgan fingerprint density at radius 1 is 1.08 bits per heavy atom. The predicted octanol–water partition coefficient (Wildman–Crippen LogP) is 2.41. The SMILES string of the molecule is N#Cc1cccc(C(=O)N2CCN(Cc3ccccc3)[C@@H](C#N)C2)c1. The van der Waals surface area contributed by atoms with Gasteiger partial charge in [0.05, 0.1) is 17.7 Å². The lowest BCUT2D eigenvalue weighted by molar-refractivity contribution is 0.0552. The van der Waals surface area contributed by atoms with Crippen LogP contribution in [0, 0.1) is 22.7 Å². The number of benzene rings is 2. The van der Waals surface area contributed by atoms with Crippen molar-refractivity contribution in [1.82, 2.24) is 9.80 Å². The highest BCUT2D eigenvalue weighted by Gasteiger charge is 2.30. The molecule has 0 spiro atoms. The number of nitrogens with zero attached hydrogens (tertiary/aromatic N) is 4. The van der Waals surface area contributed by atoms with Crippen LogP contribution in [0.15, 0.2) is 54.6 Å². The van der Waals surface area contributed by atoms with Crippen molar-refractivity contribution in [2.75, 3.05) is 19.6 Å². The molecule has 1 fully saturated rings. The molecule has 0 aromatic heterocycles. The van der Waals surface area contributed by atoms with Crippen LogP contribution in [0.4, 0.5) is 0 Å². The van der Waals surface area contributed by atoms with E-state index in [1.165, 1.54) is 0 Å². The van der Waals surface area contributed by atoms with Crippen LogP contribution >= 0.6 is 0 Å². The maximum absolute atomic E-state index is 12.7. The summed E-state index contributed by atoms with van der Waals surface area (Å²) in [4.78, 5) is 16.5. The summed E-state index contributed by atoms with van der Waals surface area (Å²) in [7, 11) is 0. The van der Waals surface area contributed by atoms with Gasteiger partial charge in [0.1, 0.15) is 6.04 Å². The number of carbonyl (C=O) groups is 1. The number of carbonyl (C=O) groups excluding carboxylic acids is 1. The van der Waals surface area contributed by atoms with Gasteiger partial charge in [0.2, 0.25) is 0 Å². The molecular weight excluding hydrogens is 312 g/mol. The molecule has 5 heteroatoms. The van der Waals surface area contributed by atoms with Crippen molar-refractivity contribution in [3.63, 3.8) is 0 Å². The Kier molecular flexibility index (Phi) is 5.09. The molecule has 0 radical (unpaired) electrons. The van der Waals surface area contributed by atoms with Gasteiger partial charge in [0, 0.05) is 31.7 Å². The second kappa shape index (κ2) is 7.61. The lowest BCUT2D eigenvalue weighted by Crippen LogP contribution is -2.53. The fourth-order valence-corrected chi connectivity index (χ4v) is 3.04. The Labute approximate surface area is 147 Å². The monoisotopic (exact) mass is 330 g/mol. The summed E-state index contributed by atoms with van der Waals surface area (Å²) in [5.74, 6) is -0.128. The van der Waals surface area contributed by atoms with Gasteiger partial charge in [-0.25, -0.2) is 0 Å². The maximum Gasteiger partial charge on any atom is 0.254 e. The molecule has 1 amide bonds. The number of hydrogen-bond donors (Lipinski definition) is 0. The molecule has 1 aliphatic heterocycles. The van der Waals surface area contributed by atoms with E-state index >= 15 is 0 Å². The van der Waals surface area contributed by atoms with Gasteiger partial charge in [0.25, 0.3) is 5.91 Å². The number of nitriles is 2. The zero-order valence-corrected chi connectivity index (χ0v) is 13.8. The van der Waals surface area contributed by atoms with E-state index in [4.69, 9.17) is 5.26 Å². The molecule has 25 heavy (non-hydrogen) atoms. The first-order chi connectivity index (χ1) is 12.2. The first-order valence-corrected chi connectivity index (χ1v) is 8.18. The van der Waals surface area contributed by atoms with E-state index in [1.807, 2.05) is 36.4 Å². The Morgan fingerprint density at radius 2 is 1.88 bits per heavy atom. The lowest BCUT2D eigenvalue weighted by Gasteiger charge is -2.38. The summed E-state index contributed by atoms with van der Waals surface area (Å²) in [6, 6.07) is 20.7.